The summed E-state index contributed by atoms with van der Waals surface area (Å²) in [6.45, 7) is 1.97. The first-order chi connectivity index (χ1) is 7.72. The molecule has 0 fully saturated rings. The van der Waals surface area contributed by atoms with Crippen molar-refractivity contribution in [2.75, 3.05) is 0 Å². The minimum atomic E-state index is -0.392. The van der Waals surface area contributed by atoms with E-state index < -0.39 is 5.50 Å². The summed E-state index contributed by atoms with van der Waals surface area (Å²) >= 11 is 6.30. The van der Waals surface area contributed by atoms with Gasteiger partial charge >= 0.3 is 0 Å². The quantitative estimate of drug-likeness (QED) is 0.746. The Morgan fingerprint density at radius 3 is 2.94 bits per heavy atom. The summed E-state index contributed by atoms with van der Waals surface area (Å²) in [5.74, 6) is 0. The fraction of sp³-hybridized carbons (Fsp3) is 0.167. The molecule has 2 rings (SSSR count). The Bertz CT molecular complexity index is 526. The lowest BCUT2D eigenvalue weighted by Gasteiger charge is -2.13. The van der Waals surface area contributed by atoms with Crippen LogP contribution in [0, 0.1) is 18.3 Å². The summed E-state index contributed by atoms with van der Waals surface area (Å²) in [6.07, 6.45) is 5.08. The Kier molecular flexibility index (Phi) is 2.93. The Labute approximate surface area is 98.9 Å². The van der Waals surface area contributed by atoms with Crippen LogP contribution >= 0.6 is 11.6 Å². The standard InChI is InChI=1S/C12H10ClN3/c1-9-2-3-10(7-14)11(6-9)12(13)16-5-4-15-8-16/h2-6,8,12H,1H3. The molecule has 80 valence electrons. The van der Waals surface area contributed by atoms with Crippen molar-refractivity contribution in [2.45, 2.75) is 12.4 Å². The number of nitriles is 1. The van der Waals surface area contributed by atoms with Gasteiger partial charge in [-0.3, -0.25) is 0 Å². The zero-order chi connectivity index (χ0) is 11.5. The highest BCUT2D eigenvalue weighted by molar-refractivity contribution is 6.20. The highest BCUT2D eigenvalue weighted by atomic mass is 35.5. The van der Waals surface area contributed by atoms with Crippen molar-refractivity contribution in [3.05, 3.63) is 53.6 Å². The molecule has 1 heterocycles. The van der Waals surface area contributed by atoms with E-state index in [0.717, 1.165) is 11.1 Å². The monoisotopic (exact) mass is 231 g/mol. The van der Waals surface area contributed by atoms with Crippen LogP contribution in [0.1, 0.15) is 22.2 Å². The van der Waals surface area contributed by atoms with Gasteiger partial charge in [0.05, 0.1) is 18.0 Å². The Hall–Kier alpha value is -1.79. The van der Waals surface area contributed by atoms with Crippen LogP contribution < -0.4 is 0 Å². The fourth-order valence-corrected chi connectivity index (χ4v) is 1.84. The van der Waals surface area contributed by atoms with E-state index in [1.165, 1.54) is 0 Å². The third kappa shape index (κ3) is 1.93. The topological polar surface area (TPSA) is 41.6 Å². The Morgan fingerprint density at radius 1 is 1.50 bits per heavy atom. The second kappa shape index (κ2) is 4.38. The van der Waals surface area contributed by atoms with Gasteiger partial charge < -0.3 is 4.57 Å². The lowest BCUT2D eigenvalue weighted by atomic mass is 10.1. The molecular weight excluding hydrogens is 222 g/mol. The molecule has 1 aromatic heterocycles. The highest BCUT2D eigenvalue weighted by Gasteiger charge is 2.13. The lowest BCUT2D eigenvalue weighted by molar-refractivity contribution is 0.762. The van der Waals surface area contributed by atoms with Gasteiger partial charge in [-0.15, -0.1) is 0 Å². The van der Waals surface area contributed by atoms with Gasteiger partial charge in [-0.2, -0.15) is 5.26 Å². The van der Waals surface area contributed by atoms with Crippen molar-refractivity contribution in [1.29, 1.82) is 5.26 Å². The van der Waals surface area contributed by atoms with E-state index in [2.05, 4.69) is 11.1 Å². The third-order valence-corrected chi connectivity index (χ3v) is 2.83. The number of aryl methyl sites for hydroxylation is 1. The molecule has 0 saturated heterocycles. The molecule has 1 atom stereocenters. The highest BCUT2D eigenvalue weighted by Crippen LogP contribution is 2.26. The van der Waals surface area contributed by atoms with Crippen molar-refractivity contribution < 1.29 is 0 Å². The summed E-state index contributed by atoms with van der Waals surface area (Å²) in [5.41, 5.74) is 2.10. The second-order valence-electron chi connectivity index (χ2n) is 3.55. The van der Waals surface area contributed by atoms with Gasteiger partial charge in [-0.25, -0.2) is 4.98 Å². The van der Waals surface area contributed by atoms with E-state index in [4.69, 9.17) is 16.9 Å². The van der Waals surface area contributed by atoms with Crippen LogP contribution in [0.15, 0.2) is 36.9 Å². The van der Waals surface area contributed by atoms with Crippen LogP contribution in [-0.4, -0.2) is 9.55 Å². The first-order valence-corrected chi connectivity index (χ1v) is 5.28. The van der Waals surface area contributed by atoms with E-state index in [-0.39, 0.29) is 0 Å². The normalized spacial score (nSPS) is 12.1. The lowest BCUT2D eigenvalue weighted by Crippen LogP contribution is -2.04. The predicted molar refractivity (Wildman–Crippen MR) is 62.1 cm³/mol. The van der Waals surface area contributed by atoms with Crippen molar-refractivity contribution >= 4 is 11.6 Å². The van der Waals surface area contributed by atoms with E-state index in [9.17, 15) is 0 Å². The van der Waals surface area contributed by atoms with Crippen LogP contribution in [0.4, 0.5) is 0 Å². The number of nitrogens with zero attached hydrogens (tertiary/aromatic N) is 3. The second-order valence-corrected chi connectivity index (χ2v) is 3.96. The summed E-state index contributed by atoms with van der Waals surface area (Å²) in [7, 11) is 0. The number of hydrogen-bond acceptors (Lipinski definition) is 2. The van der Waals surface area contributed by atoms with Gasteiger partial charge in [0.2, 0.25) is 0 Å². The van der Waals surface area contributed by atoms with Crippen molar-refractivity contribution in [1.82, 2.24) is 9.55 Å². The molecule has 0 saturated carbocycles. The molecule has 0 bridgehead atoms. The number of imidazole rings is 1. The summed E-state index contributed by atoms with van der Waals surface area (Å²) < 4.78 is 1.76. The Balaban J connectivity index is 2.47. The molecule has 0 aliphatic carbocycles. The first kappa shape index (κ1) is 10.7. The third-order valence-electron chi connectivity index (χ3n) is 2.37. The maximum Gasteiger partial charge on any atom is 0.135 e. The molecule has 0 radical (unpaired) electrons. The van der Waals surface area contributed by atoms with Gasteiger partial charge in [-0.1, -0.05) is 29.3 Å². The van der Waals surface area contributed by atoms with Gasteiger partial charge in [0, 0.05) is 18.0 Å². The number of aromatic nitrogens is 2. The maximum atomic E-state index is 9.02. The number of rotatable bonds is 2. The molecule has 1 aromatic carbocycles. The SMILES string of the molecule is Cc1ccc(C#N)c(C(Cl)n2ccnc2)c1. The Morgan fingerprint density at radius 2 is 2.31 bits per heavy atom. The van der Waals surface area contributed by atoms with E-state index in [1.54, 1.807) is 29.4 Å². The van der Waals surface area contributed by atoms with Crippen LogP contribution in [0.25, 0.3) is 0 Å². The molecule has 0 spiro atoms. The molecule has 16 heavy (non-hydrogen) atoms. The number of benzene rings is 1. The van der Waals surface area contributed by atoms with Crippen molar-refractivity contribution in [2.24, 2.45) is 0 Å². The van der Waals surface area contributed by atoms with Gasteiger partial charge in [-0.05, 0) is 13.0 Å². The van der Waals surface area contributed by atoms with Crippen LogP contribution in [0.2, 0.25) is 0 Å². The minimum Gasteiger partial charge on any atom is -0.316 e. The molecule has 4 heteroatoms. The summed E-state index contributed by atoms with van der Waals surface area (Å²) in [4.78, 5) is 3.94. The van der Waals surface area contributed by atoms with Gasteiger partial charge in [0.1, 0.15) is 5.50 Å². The minimum absolute atomic E-state index is 0.392. The predicted octanol–water partition coefficient (Wildman–Crippen LogP) is 2.85. The summed E-state index contributed by atoms with van der Waals surface area (Å²) in [6, 6.07) is 7.77. The molecule has 3 nitrogen and oxygen atoms in total. The smallest absolute Gasteiger partial charge is 0.135 e. The maximum absolute atomic E-state index is 9.02. The van der Waals surface area contributed by atoms with Crippen molar-refractivity contribution in [3.63, 3.8) is 0 Å². The molecule has 0 aliphatic heterocycles. The molecule has 0 N–H and O–H groups in total. The van der Waals surface area contributed by atoms with Crippen LogP contribution in [0.5, 0.6) is 0 Å². The van der Waals surface area contributed by atoms with Gasteiger partial charge in [0.15, 0.2) is 0 Å². The number of halogens is 1. The van der Waals surface area contributed by atoms with E-state index >= 15 is 0 Å². The molecule has 0 amide bonds. The zero-order valence-electron chi connectivity index (χ0n) is 8.76. The molecule has 1 unspecified atom stereocenters. The van der Waals surface area contributed by atoms with E-state index in [1.807, 2.05) is 19.1 Å². The molecule has 2 aromatic rings. The average Bonchev–Trinajstić information content (AvgIpc) is 2.81. The van der Waals surface area contributed by atoms with Gasteiger partial charge in [0.25, 0.3) is 0 Å². The van der Waals surface area contributed by atoms with Crippen LogP contribution in [0.3, 0.4) is 0 Å². The molecule has 0 aliphatic rings. The number of hydrogen-bond donors (Lipinski definition) is 0. The fourth-order valence-electron chi connectivity index (χ4n) is 1.55. The largest absolute Gasteiger partial charge is 0.316 e. The zero-order valence-corrected chi connectivity index (χ0v) is 9.52. The first-order valence-electron chi connectivity index (χ1n) is 4.84. The average molecular weight is 232 g/mol. The van der Waals surface area contributed by atoms with Crippen molar-refractivity contribution in [3.8, 4) is 6.07 Å². The molecular formula is C12H10ClN3. The van der Waals surface area contributed by atoms with Crippen LogP contribution in [-0.2, 0) is 0 Å². The summed E-state index contributed by atoms with van der Waals surface area (Å²) in [5, 5.41) is 9.02. The number of alkyl halides is 1. The van der Waals surface area contributed by atoms with E-state index in [0.29, 0.717) is 5.56 Å².